The normalized spacial score (nSPS) is 14.0. The Balaban J connectivity index is 3.70. The van der Waals surface area contributed by atoms with Gasteiger partial charge in [0.15, 0.2) is 0 Å². The van der Waals surface area contributed by atoms with E-state index in [0.717, 1.165) is 19.3 Å². The van der Waals surface area contributed by atoms with Crippen LogP contribution in [0.2, 0.25) is 0 Å². The van der Waals surface area contributed by atoms with E-state index in [0.29, 0.717) is 6.54 Å². The van der Waals surface area contributed by atoms with E-state index in [9.17, 15) is 4.79 Å². The molecule has 0 saturated heterocycles. The third kappa shape index (κ3) is 6.98. The molecule has 0 aromatic rings. The van der Waals surface area contributed by atoms with Crippen LogP contribution in [0, 0.1) is 12.3 Å². The summed E-state index contributed by atoms with van der Waals surface area (Å²) in [5, 5.41) is 5.93. The van der Waals surface area contributed by atoms with Crippen LogP contribution in [-0.4, -0.2) is 24.5 Å². The third-order valence-electron chi connectivity index (χ3n) is 2.25. The number of terminal acetylenes is 1. The molecule has 15 heavy (non-hydrogen) atoms. The highest BCUT2D eigenvalue weighted by Crippen LogP contribution is 1.94. The zero-order chi connectivity index (χ0) is 11.7. The lowest BCUT2D eigenvalue weighted by molar-refractivity contribution is -0.120. The predicted octanol–water partition coefficient (Wildman–Crippen LogP) is 1.29. The van der Waals surface area contributed by atoms with Gasteiger partial charge < -0.3 is 5.32 Å². The van der Waals surface area contributed by atoms with Crippen LogP contribution >= 0.6 is 0 Å². The topological polar surface area (TPSA) is 41.1 Å². The van der Waals surface area contributed by atoms with Crippen molar-refractivity contribution in [1.82, 2.24) is 10.6 Å². The third-order valence-corrected chi connectivity index (χ3v) is 2.25. The van der Waals surface area contributed by atoms with E-state index in [4.69, 9.17) is 6.42 Å². The van der Waals surface area contributed by atoms with E-state index in [-0.39, 0.29) is 18.0 Å². The van der Waals surface area contributed by atoms with Gasteiger partial charge in [0, 0.05) is 6.04 Å². The molecule has 86 valence electrons. The van der Waals surface area contributed by atoms with Crippen molar-refractivity contribution in [2.24, 2.45) is 0 Å². The minimum atomic E-state index is -0.00256. The molecule has 0 fully saturated rings. The minimum Gasteiger partial charge on any atom is -0.353 e. The van der Waals surface area contributed by atoms with Gasteiger partial charge in [-0.15, -0.1) is 6.42 Å². The smallest absolute Gasteiger partial charge is 0.234 e. The number of amides is 1. The molecule has 3 heteroatoms. The summed E-state index contributed by atoms with van der Waals surface area (Å²) >= 11 is 0. The predicted molar refractivity (Wildman–Crippen MR) is 63.4 cm³/mol. The van der Waals surface area contributed by atoms with Crippen LogP contribution in [0.15, 0.2) is 0 Å². The van der Waals surface area contributed by atoms with Gasteiger partial charge in [0.05, 0.1) is 12.6 Å². The van der Waals surface area contributed by atoms with Crippen molar-refractivity contribution in [3.8, 4) is 12.3 Å². The zero-order valence-corrected chi connectivity index (χ0v) is 9.97. The molecule has 0 aliphatic rings. The van der Waals surface area contributed by atoms with Crippen LogP contribution < -0.4 is 10.6 Å². The first-order chi connectivity index (χ1) is 7.13. The summed E-state index contributed by atoms with van der Waals surface area (Å²) < 4.78 is 0. The van der Waals surface area contributed by atoms with Crippen LogP contribution in [-0.2, 0) is 4.79 Å². The lowest BCUT2D eigenvalue weighted by Crippen LogP contribution is -2.41. The molecule has 2 atom stereocenters. The van der Waals surface area contributed by atoms with Crippen LogP contribution in [0.4, 0.5) is 0 Å². The molecule has 2 N–H and O–H groups in total. The Kier molecular flexibility index (Phi) is 7.75. The Morgan fingerprint density at radius 1 is 1.47 bits per heavy atom. The first-order valence-electron chi connectivity index (χ1n) is 5.62. The second-order valence-corrected chi connectivity index (χ2v) is 3.77. The van der Waals surface area contributed by atoms with Crippen molar-refractivity contribution in [2.45, 2.75) is 52.1 Å². The monoisotopic (exact) mass is 210 g/mol. The highest BCUT2D eigenvalue weighted by atomic mass is 16.1. The molecule has 0 radical (unpaired) electrons. The Labute approximate surface area is 93.0 Å². The van der Waals surface area contributed by atoms with Crippen molar-refractivity contribution in [3.63, 3.8) is 0 Å². The molecule has 0 rings (SSSR count). The van der Waals surface area contributed by atoms with E-state index in [1.165, 1.54) is 0 Å². The highest BCUT2D eigenvalue weighted by molar-refractivity contribution is 5.78. The fraction of sp³-hybridized carbons (Fsp3) is 0.750. The maximum atomic E-state index is 11.4. The standard InChI is InChI=1S/C12H22N2O/c1-5-8-10(4)14-12(15)9-13-11(6-2)7-3/h2,10-11,13H,5,7-9H2,1,3-4H3,(H,14,15). The molecule has 0 aliphatic heterocycles. The van der Waals surface area contributed by atoms with E-state index >= 15 is 0 Å². The van der Waals surface area contributed by atoms with Gasteiger partial charge in [-0.05, 0) is 19.8 Å². The summed E-state index contributed by atoms with van der Waals surface area (Å²) in [5.41, 5.74) is 0. The molecular weight excluding hydrogens is 188 g/mol. The lowest BCUT2D eigenvalue weighted by Gasteiger charge is -2.14. The van der Waals surface area contributed by atoms with Gasteiger partial charge in [-0.1, -0.05) is 26.2 Å². The largest absolute Gasteiger partial charge is 0.353 e. The number of hydrogen-bond acceptors (Lipinski definition) is 2. The summed E-state index contributed by atoms with van der Waals surface area (Å²) in [6.45, 7) is 6.41. The molecule has 0 aliphatic carbocycles. The van der Waals surface area contributed by atoms with Gasteiger partial charge in [0.1, 0.15) is 0 Å². The van der Waals surface area contributed by atoms with Gasteiger partial charge >= 0.3 is 0 Å². The van der Waals surface area contributed by atoms with Crippen LogP contribution in [0.25, 0.3) is 0 Å². The van der Waals surface area contributed by atoms with Gasteiger partial charge in [-0.3, -0.25) is 10.1 Å². The summed E-state index contributed by atoms with van der Waals surface area (Å²) in [7, 11) is 0. The fourth-order valence-corrected chi connectivity index (χ4v) is 1.37. The second-order valence-electron chi connectivity index (χ2n) is 3.77. The molecular formula is C12H22N2O. The summed E-state index contributed by atoms with van der Waals surface area (Å²) in [6, 6.07) is 0.243. The SMILES string of the molecule is C#CC(CC)NCC(=O)NC(C)CCC. The number of carbonyl (C=O) groups excluding carboxylic acids is 1. The first kappa shape index (κ1) is 14.0. The lowest BCUT2D eigenvalue weighted by atomic mass is 10.2. The zero-order valence-electron chi connectivity index (χ0n) is 9.97. The molecule has 0 aromatic heterocycles. The first-order valence-corrected chi connectivity index (χ1v) is 5.62. The van der Waals surface area contributed by atoms with Crippen LogP contribution in [0.3, 0.4) is 0 Å². The van der Waals surface area contributed by atoms with Crippen LogP contribution in [0.1, 0.15) is 40.0 Å². The molecule has 0 heterocycles. The molecule has 1 amide bonds. The molecule has 0 spiro atoms. The quantitative estimate of drug-likeness (QED) is 0.622. The summed E-state index contributed by atoms with van der Waals surface area (Å²) in [6.07, 6.45) is 8.21. The fourth-order valence-electron chi connectivity index (χ4n) is 1.37. The van der Waals surface area contributed by atoms with E-state index in [1.807, 2.05) is 13.8 Å². The van der Waals surface area contributed by atoms with Gasteiger partial charge in [0.2, 0.25) is 5.91 Å². The van der Waals surface area contributed by atoms with E-state index < -0.39 is 0 Å². The maximum Gasteiger partial charge on any atom is 0.234 e. The number of hydrogen-bond donors (Lipinski definition) is 2. The van der Waals surface area contributed by atoms with Crippen molar-refractivity contribution in [3.05, 3.63) is 0 Å². The molecule has 3 nitrogen and oxygen atoms in total. The Hall–Kier alpha value is -1.01. The molecule has 0 bridgehead atoms. The number of carbonyl (C=O) groups is 1. The molecule has 0 aromatic carbocycles. The molecule has 0 saturated carbocycles. The molecule has 2 unspecified atom stereocenters. The maximum absolute atomic E-state index is 11.4. The van der Waals surface area contributed by atoms with Crippen molar-refractivity contribution >= 4 is 5.91 Å². The van der Waals surface area contributed by atoms with Crippen molar-refractivity contribution < 1.29 is 4.79 Å². The van der Waals surface area contributed by atoms with E-state index in [1.54, 1.807) is 0 Å². The summed E-state index contributed by atoms with van der Waals surface area (Å²) in [5.74, 6) is 2.61. The minimum absolute atomic E-state index is 0.00256. The average molecular weight is 210 g/mol. The van der Waals surface area contributed by atoms with Crippen molar-refractivity contribution in [2.75, 3.05) is 6.54 Å². The van der Waals surface area contributed by atoms with Crippen molar-refractivity contribution in [1.29, 1.82) is 0 Å². The Morgan fingerprint density at radius 2 is 2.13 bits per heavy atom. The van der Waals surface area contributed by atoms with Gasteiger partial charge in [-0.25, -0.2) is 0 Å². The number of nitrogens with one attached hydrogen (secondary N) is 2. The average Bonchev–Trinajstić information content (AvgIpc) is 2.19. The summed E-state index contributed by atoms with van der Waals surface area (Å²) in [4.78, 5) is 11.4. The van der Waals surface area contributed by atoms with E-state index in [2.05, 4.69) is 23.5 Å². The van der Waals surface area contributed by atoms with Gasteiger partial charge in [-0.2, -0.15) is 0 Å². The second kappa shape index (κ2) is 8.31. The van der Waals surface area contributed by atoms with Crippen LogP contribution in [0.5, 0.6) is 0 Å². The Morgan fingerprint density at radius 3 is 2.60 bits per heavy atom. The number of rotatable bonds is 7. The van der Waals surface area contributed by atoms with Gasteiger partial charge in [0.25, 0.3) is 0 Å². The highest BCUT2D eigenvalue weighted by Gasteiger charge is 2.07. The Bertz CT molecular complexity index is 220.